The summed E-state index contributed by atoms with van der Waals surface area (Å²) in [4.78, 5) is 23.0. The molecule has 0 aliphatic heterocycles. The first kappa shape index (κ1) is 13.7. The standard InChI is InChI=1S/C13H15N3O2/c1-9(8-14)7-11(12(15)17)16-13(18)10-5-3-2-4-6-10/h2-6,9,11H,7H2,1H3,(H2,15,17)(H,16,18)/t9-,11+/m1/s1. The van der Waals surface area contributed by atoms with E-state index in [-0.39, 0.29) is 18.2 Å². The minimum absolute atomic E-state index is 0.213. The van der Waals surface area contributed by atoms with Crippen LogP contribution in [0.5, 0.6) is 0 Å². The highest BCUT2D eigenvalue weighted by Crippen LogP contribution is 2.06. The second-order valence-electron chi connectivity index (χ2n) is 4.06. The number of carbonyl (C=O) groups excluding carboxylic acids is 2. The van der Waals surface area contributed by atoms with Crippen LogP contribution < -0.4 is 11.1 Å². The maximum Gasteiger partial charge on any atom is 0.251 e. The molecule has 0 saturated carbocycles. The van der Waals surface area contributed by atoms with Crippen molar-refractivity contribution in [3.63, 3.8) is 0 Å². The van der Waals surface area contributed by atoms with Crippen LogP contribution in [0.3, 0.4) is 0 Å². The van der Waals surface area contributed by atoms with Gasteiger partial charge in [-0.15, -0.1) is 0 Å². The molecule has 0 spiro atoms. The van der Waals surface area contributed by atoms with Crippen LogP contribution in [0.2, 0.25) is 0 Å². The third-order valence-corrected chi connectivity index (χ3v) is 2.49. The molecule has 0 aliphatic rings. The minimum atomic E-state index is -0.827. The molecular weight excluding hydrogens is 230 g/mol. The number of hydrogen-bond donors (Lipinski definition) is 2. The molecule has 0 unspecified atom stereocenters. The summed E-state index contributed by atoms with van der Waals surface area (Å²) in [5.74, 6) is -1.36. The average molecular weight is 245 g/mol. The maximum atomic E-state index is 11.8. The monoisotopic (exact) mass is 245 g/mol. The molecular formula is C13H15N3O2. The Bertz CT molecular complexity index is 465. The summed E-state index contributed by atoms with van der Waals surface area (Å²) in [6.45, 7) is 1.67. The first-order valence-electron chi connectivity index (χ1n) is 5.59. The molecule has 94 valence electrons. The van der Waals surface area contributed by atoms with Gasteiger partial charge >= 0.3 is 0 Å². The number of nitrogens with one attached hydrogen (secondary N) is 1. The summed E-state index contributed by atoms with van der Waals surface area (Å²) in [7, 11) is 0. The maximum absolute atomic E-state index is 11.8. The van der Waals surface area contributed by atoms with Crippen LogP contribution in [-0.4, -0.2) is 17.9 Å². The Morgan fingerprint density at radius 3 is 2.50 bits per heavy atom. The van der Waals surface area contributed by atoms with Gasteiger partial charge in [0.05, 0.1) is 6.07 Å². The third-order valence-electron chi connectivity index (χ3n) is 2.49. The summed E-state index contributed by atoms with van der Waals surface area (Å²) in [6, 6.07) is 9.71. The van der Waals surface area contributed by atoms with Gasteiger partial charge in [-0.3, -0.25) is 9.59 Å². The molecule has 0 radical (unpaired) electrons. The van der Waals surface area contributed by atoms with Crippen molar-refractivity contribution in [2.75, 3.05) is 0 Å². The number of carbonyl (C=O) groups is 2. The van der Waals surface area contributed by atoms with E-state index in [9.17, 15) is 9.59 Å². The normalized spacial score (nSPS) is 13.1. The molecule has 5 nitrogen and oxygen atoms in total. The summed E-state index contributed by atoms with van der Waals surface area (Å²) in [6.07, 6.45) is 0.213. The lowest BCUT2D eigenvalue weighted by Gasteiger charge is -2.16. The molecule has 3 N–H and O–H groups in total. The minimum Gasteiger partial charge on any atom is -0.368 e. The topological polar surface area (TPSA) is 96.0 Å². The number of hydrogen-bond acceptors (Lipinski definition) is 3. The van der Waals surface area contributed by atoms with Gasteiger partial charge in [-0.25, -0.2) is 0 Å². The number of amides is 2. The highest BCUT2D eigenvalue weighted by molar-refractivity contribution is 5.97. The Labute approximate surface area is 106 Å². The number of nitrogens with two attached hydrogens (primary N) is 1. The molecule has 1 rings (SSSR count). The molecule has 5 heteroatoms. The second-order valence-corrected chi connectivity index (χ2v) is 4.06. The number of benzene rings is 1. The van der Waals surface area contributed by atoms with Gasteiger partial charge < -0.3 is 11.1 Å². The van der Waals surface area contributed by atoms with Crippen LogP contribution >= 0.6 is 0 Å². The van der Waals surface area contributed by atoms with Gasteiger partial charge in [-0.2, -0.15) is 5.26 Å². The van der Waals surface area contributed by atoms with Crippen molar-refractivity contribution >= 4 is 11.8 Å². The fourth-order valence-corrected chi connectivity index (χ4v) is 1.48. The molecule has 0 saturated heterocycles. The zero-order valence-corrected chi connectivity index (χ0v) is 10.1. The number of nitrogens with zero attached hydrogens (tertiary/aromatic N) is 1. The molecule has 0 aromatic heterocycles. The second kappa shape index (κ2) is 6.40. The lowest BCUT2D eigenvalue weighted by Crippen LogP contribution is -2.45. The van der Waals surface area contributed by atoms with Gasteiger partial charge in [-0.05, 0) is 25.5 Å². The van der Waals surface area contributed by atoms with Crippen molar-refractivity contribution in [2.24, 2.45) is 11.7 Å². The van der Waals surface area contributed by atoms with E-state index in [0.29, 0.717) is 5.56 Å². The third kappa shape index (κ3) is 3.91. The highest BCUT2D eigenvalue weighted by Gasteiger charge is 2.21. The molecule has 0 heterocycles. The fraction of sp³-hybridized carbons (Fsp3) is 0.308. The first-order chi connectivity index (χ1) is 8.54. The molecule has 18 heavy (non-hydrogen) atoms. The van der Waals surface area contributed by atoms with E-state index in [1.165, 1.54) is 0 Å². The van der Waals surface area contributed by atoms with Gasteiger partial charge in [0.25, 0.3) is 5.91 Å². The van der Waals surface area contributed by atoms with E-state index in [1.807, 2.05) is 6.07 Å². The van der Waals surface area contributed by atoms with Gasteiger partial charge in [0, 0.05) is 11.5 Å². The van der Waals surface area contributed by atoms with Crippen LogP contribution in [0.15, 0.2) is 30.3 Å². The van der Waals surface area contributed by atoms with Crippen LogP contribution in [0, 0.1) is 17.2 Å². The van der Waals surface area contributed by atoms with Gasteiger partial charge in [-0.1, -0.05) is 18.2 Å². The van der Waals surface area contributed by atoms with E-state index in [0.717, 1.165) is 0 Å². The number of primary amides is 1. The highest BCUT2D eigenvalue weighted by atomic mass is 16.2. The van der Waals surface area contributed by atoms with Crippen LogP contribution in [0.25, 0.3) is 0 Å². The fourth-order valence-electron chi connectivity index (χ4n) is 1.48. The van der Waals surface area contributed by atoms with E-state index in [4.69, 9.17) is 11.0 Å². The molecule has 2 amide bonds. The SMILES string of the molecule is C[C@@H](C#N)C[C@H](NC(=O)c1ccccc1)C(N)=O. The van der Waals surface area contributed by atoms with E-state index >= 15 is 0 Å². The van der Waals surface area contributed by atoms with Gasteiger partial charge in [0.15, 0.2) is 0 Å². The summed E-state index contributed by atoms with van der Waals surface area (Å²) >= 11 is 0. The molecule has 0 bridgehead atoms. The predicted molar refractivity (Wildman–Crippen MR) is 66.3 cm³/mol. The predicted octanol–water partition coefficient (Wildman–Crippen LogP) is 0.820. The van der Waals surface area contributed by atoms with Crippen molar-refractivity contribution < 1.29 is 9.59 Å². The zero-order chi connectivity index (χ0) is 13.5. The van der Waals surface area contributed by atoms with Gasteiger partial charge in [0.2, 0.25) is 5.91 Å². The quantitative estimate of drug-likeness (QED) is 0.803. The Kier molecular flexibility index (Phi) is 4.88. The van der Waals surface area contributed by atoms with Crippen molar-refractivity contribution in [2.45, 2.75) is 19.4 Å². The van der Waals surface area contributed by atoms with Crippen LogP contribution in [-0.2, 0) is 4.79 Å². The van der Waals surface area contributed by atoms with E-state index in [2.05, 4.69) is 5.32 Å². The number of nitriles is 1. The van der Waals surface area contributed by atoms with Crippen LogP contribution in [0.1, 0.15) is 23.7 Å². The molecule has 0 aliphatic carbocycles. The van der Waals surface area contributed by atoms with Crippen molar-refractivity contribution in [1.29, 1.82) is 5.26 Å². The largest absolute Gasteiger partial charge is 0.368 e. The smallest absolute Gasteiger partial charge is 0.251 e. The Balaban J connectivity index is 2.71. The molecule has 2 atom stereocenters. The average Bonchev–Trinajstić information content (AvgIpc) is 2.38. The Morgan fingerprint density at radius 1 is 1.39 bits per heavy atom. The van der Waals surface area contributed by atoms with Crippen molar-refractivity contribution in [3.05, 3.63) is 35.9 Å². The van der Waals surface area contributed by atoms with Crippen LogP contribution in [0.4, 0.5) is 0 Å². The summed E-state index contributed by atoms with van der Waals surface area (Å²) in [5.41, 5.74) is 5.66. The summed E-state index contributed by atoms with van der Waals surface area (Å²) < 4.78 is 0. The zero-order valence-electron chi connectivity index (χ0n) is 10.1. The lowest BCUT2D eigenvalue weighted by atomic mass is 10.0. The molecule has 1 aromatic rings. The summed E-state index contributed by atoms with van der Waals surface area (Å²) in [5, 5.41) is 11.2. The van der Waals surface area contributed by atoms with E-state index in [1.54, 1.807) is 37.3 Å². The Morgan fingerprint density at radius 2 is 2.00 bits per heavy atom. The molecule has 0 fully saturated rings. The van der Waals surface area contributed by atoms with E-state index < -0.39 is 11.9 Å². The van der Waals surface area contributed by atoms with Crippen molar-refractivity contribution in [1.82, 2.24) is 5.32 Å². The van der Waals surface area contributed by atoms with Crippen molar-refractivity contribution in [3.8, 4) is 6.07 Å². The lowest BCUT2D eigenvalue weighted by molar-refractivity contribution is -0.120. The molecule has 1 aromatic carbocycles. The number of rotatable bonds is 5. The first-order valence-corrected chi connectivity index (χ1v) is 5.59. The Hall–Kier alpha value is -2.35. The van der Waals surface area contributed by atoms with Gasteiger partial charge in [0.1, 0.15) is 6.04 Å².